The van der Waals surface area contributed by atoms with Gasteiger partial charge in [0.05, 0.1) is 5.60 Å². The van der Waals surface area contributed by atoms with E-state index in [-0.39, 0.29) is 16.5 Å². The van der Waals surface area contributed by atoms with Gasteiger partial charge in [0.2, 0.25) is 5.92 Å². The molecule has 4 N–H and O–H groups in total. The molecule has 1 unspecified atom stereocenters. The maximum absolute atomic E-state index is 11.9. The molecule has 1 aliphatic rings. The van der Waals surface area contributed by atoms with E-state index in [4.69, 9.17) is 9.84 Å². The van der Waals surface area contributed by atoms with Crippen LogP contribution in [0.2, 0.25) is 0 Å². The van der Waals surface area contributed by atoms with E-state index < -0.39 is 5.92 Å². The number of aliphatic hydroxyl groups is 2. The molecule has 0 saturated heterocycles. The molecule has 0 aromatic heterocycles. The molecule has 5 nitrogen and oxygen atoms in total. The maximum atomic E-state index is 11.9. The highest BCUT2D eigenvalue weighted by atomic mass is 19.3. The van der Waals surface area contributed by atoms with Gasteiger partial charge >= 0.3 is 0 Å². The minimum absolute atomic E-state index is 0. The predicted molar refractivity (Wildman–Crippen MR) is 105 cm³/mol. The number of Topliss-reactive ketones (excluding diaryl/α,β-unsaturated/α-hetero) is 1. The van der Waals surface area contributed by atoms with Gasteiger partial charge in [-0.3, -0.25) is 4.79 Å². The molecular formula is C20H40F2O5. The molecule has 1 rings (SSSR count). The van der Waals surface area contributed by atoms with Gasteiger partial charge in [-0.25, -0.2) is 8.78 Å². The van der Waals surface area contributed by atoms with Gasteiger partial charge in [0.25, 0.3) is 0 Å². The molecule has 0 aromatic rings. The number of ketones is 1. The Morgan fingerprint density at radius 3 is 2.00 bits per heavy atom. The van der Waals surface area contributed by atoms with E-state index in [1.165, 1.54) is 0 Å². The molecule has 164 valence electrons. The van der Waals surface area contributed by atoms with Crippen LogP contribution >= 0.6 is 0 Å². The summed E-state index contributed by atoms with van der Waals surface area (Å²) in [5.74, 6) is -1.85. The zero-order valence-electron chi connectivity index (χ0n) is 18.0. The second kappa shape index (κ2) is 14.0. The molecule has 0 aromatic carbocycles. The molecule has 1 heterocycles. The van der Waals surface area contributed by atoms with Crippen LogP contribution in [0.5, 0.6) is 0 Å². The normalized spacial score (nSPS) is 19.0. The van der Waals surface area contributed by atoms with Crippen LogP contribution in [-0.4, -0.2) is 46.7 Å². The Balaban J connectivity index is -0.000000623. The fourth-order valence-electron chi connectivity index (χ4n) is 2.71. The van der Waals surface area contributed by atoms with Crippen LogP contribution in [0, 0.1) is 5.41 Å². The Kier molecular flexibility index (Phi) is 15.9. The average Bonchev–Trinajstić information content (AvgIpc) is 2.79. The summed E-state index contributed by atoms with van der Waals surface area (Å²) in [6, 6.07) is 0. The third kappa shape index (κ3) is 19.5. The van der Waals surface area contributed by atoms with Gasteiger partial charge in [-0.05, 0) is 44.6 Å². The van der Waals surface area contributed by atoms with Crippen LogP contribution in [-0.2, 0) is 9.53 Å². The lowest BCUT2D eigenvalue weighted by Crippen LogP contribution is -2.27. The Hall–Kier alpha value is -1.05. The van der Waals surface area contributed by atoms with Crippen LogP contribution < -0.4 is 0 Å². The van der Waals surface area contributed by atoms with Gasteiger partial charge in [-0.2, -0.15) is 0 Å². The Morgan fingerprint density at radius 2 is 1.67 bits per heavy atom. The van der Waals surface area contributed by atoms with Crippen molar-refractivity contribution >= 4 is 5.78 Å². The number of hydrogen-bond acceptors (Lipinski definition) is 4. The molecule has 0 amide bonds. The third-order valence-corrected chi connectivity index (χ3v) is 3.39. The van der Waals surface area contributed by atoms with Crippen molar-refractivity contribution in [1.82, 2.24) is 0 Å². The monoisotopic (exact) mass is 398 g/mol. The number of alkyl halides is 2. The van der Waals surface area contributed by atoms with Gasteiger partial charge in [-0.15, -0.1) is 0 Å². The Morgan fingerprint density at radius 1 is 1.19 bits per heavy atom. The van der Waals surface area contributed by atoms with E-state index in [0.717, 1.165) is 46.6 Å². The number of halogens is 2. The Bertz CT molecular complexity index is 419. The third-order valence-electron chi connectivity index (χ3n) is 3.39. The average molecular weight is 399 g/mol. The first-order valence-electron chi connectivity index (χ1n) is 9.15. The minimum Gasteiger partial charge on any atom is -0.510 e. The fourth-order valence-corrected chi connectivity index (χ4v) is 2.71. The van der Waals surface area contributed by atoms with E-state index in [0.29, 0.717) is 31.0 Å². The summed E-state index contributed by atoms with van der Waals surface area (Å²) in [4.78, 5) is 11.9. The quantitative estimate of drug-likeness (QED) is 0.654. The molecule has 0 spiro atoms. The van der Waals surface area contributed by atoms with E-state index >= 15 is 0 Å². The molecule has 7 heteroatoms. The largest absolute Gasteiger partial charge is 0.510 e. The summed E-state index contributed by atoms with van der Waals surface area (Å²) in [6.45, 7) is 10.4. The van der Waals surface area contributed by atoms with E-state index in [2.05, 4.69) is 27.7 Å². The first-order valence-corrected chi connectivity index (χ1v) is 9.15. The van der Waals surface area contributed by atoms with Crippen LogP contribution in [0.15, 0.2) is 11.8 Å². The zero-order valence-corrected chi connectivity index (χ0v) is 18.0. The molecule has 1 atom stereocenters. The van der Waals surface area contributed by atoms with Gasteiger partial charge in [0.15, 0.2) is 0 Å². The number of ether oxygens (including phenoxy) is 1. The first-order chi connectivity index (χ1) is 11.8. The van der Waals surface area contributed by atoms with E-state index in [9.17, 15) is 18.7 Å². The van der Waals surface area contributed by atoms with Crippen molar-refractivity contribution in [2.75, 3.05) is 13.7 Å². The van der Waals surface area contributed by atoms with Crippen molar-refractivity contribution in [3.63, 3.8) is 0 Å². The van der Waals surface area contributed by atoms with Crippen LogP contribution in [0.1, 0.15) is 80.1 Å². The van der Waals surface area contributed by atoms with Crippen molar-refractivity contribution in [2.45, 2.75) is 91.6 Å². The van der Waals surface area contributed by atoms with Crippen LogP contribution in [0.25, 0.3) is 0 Å². The number of rotatable bonds is 7. The molecular weight excluding hydrogens is 358 g/mol. The lowest BCUT2D eigenvalue weighted by atomic mass is 9.87. The fraction of sp³-hybridized carbons (Fsp3) is 0.850. The van der Waals surface area contributed by atoms with Crippen LogP contribution in [0.3, 0.4) is 0 Å². The first kappa shape index (κ1) is 30.7. The lowest BCUT2D eigenvalue weighted by molar-refractivity contribution is -0.121. The highest BCUT2D eigenvalue weighted by Crippen LogP contribution is 2.33. The second-order valence-electron chi connectivity index (χ2n) is 8.20. The number of aliphatic hydroxyl groups excluding tert-OH is 2. The Labute approximate surface area is 163 Å². The minimum atomic E-state index is -2.50. The predicted octanol–water partition coefficient (Wildman–Crippen LogP) is 4.62. The van der Waals surface area contributed by atoms with Crippen molar-refractivity contribution in [2.24, 2.45) is 5.41 Å². The topological polar surface area (TPSA) is 98.3 Å². The number of carbonyl (C=O) groups is 1. The highest BCUT2D eigenvalue weighted by Gasteiger charge is 2.33. The summed E-state index contributed by atoms with van der Waals surface area (Å²) in [6.07, 6.45) is 6.66. The SMILES string of the molecule is CC(C)(F)F.CCCC1(CCCC(=O)CC(C)(C)C)C=C(O)CO1.CO.O. The standard InChI is InChI=1S/C16H28O3.C3H6F2.CH4O.H2O/c1-5-8-16(11-14(18)12-19-16)9-6-7-13(17)10-15(2,3)4;1-3(2,4)5;1-2;/h11,18H,5-10,12H2,1-4H3;1-2H3;2H,1H3;1H2. The summed E-state index contributed by atoms with van der Waals surface area (Å²) in [7, 11) is 1.00. The molecule has 0 fully saturated rings. The molecule has 0 saturated carbocycles. The van der Waals surface area contributed by atoms with Crippen molar-refractivity contribution < 1.29 is 34.0 Å². The summed E-state index contributed by atoms with van der Waals surface area (Å²) in [5.41, 5.74) is -0.263. The second-order valence-corrected chi connectivity index (χ2v) is 8.20. The summed E-state index contributed by atoms with van der Waals surface area (Å²) >= 11 is 0. The van der Waals surface area contributed by atoms with Gasteiger partial charge in [0, 0.05) is 20.0 Å². The van der Waals surface area contributed by atoms with Crippen molar-refractivity contribution in [3.05, 3.63) is 11.8 Å². The highest BCUT2D eigenvalue weighted by molar-refractivity contribution is 5.78. The molecule has 0 aliphatic carbocycles. The summed E-state index contributed by atoms with van der Waals surface area (Å²) in [5, 5.41) is 16.5. The van der Waals surface area contributed by atoms with Crippen LogP contribution in [0.4, 0.5) is 8.78 Å². The van der Waals surface area contributed by atoms with Crippen molar-refractivity contribution in [1.29, 1.82) is 0 Å². The zero-order chi connectivity index (χ0) is 21.0. The molecule has 0 bridgehead atoms. The molecule has 27 heavy (non-hydrogen) atoms. The van der Waals surface area contributed by atoms with E-state index in [1.54, 1.807) is 0 Å². The lowest BCUT2D eigenvalue weighted by Gasteiger charge is -2.26. The molecule has 0 radical (unpaired) electrons. The maximum Gasteiger partial charge on any atom is 0.242 e. The van der Waals surface area contributed by atoms with Gasteiger partial charge in [-0.1, -0.05) is 34.1 Å². The van der Waals surface area contributed by atoms with Crippen molar-refractivity contribution in [3.8, 4) is 0 Å². The smallest absolute Gasteiger partial charge is 0.242 e. The van der Waals surface area contributed by atoms with Gasteiger partial charge < -0.3 is 20.4 Å². The molecule has 1 aliphatic heterocycles. The summed E-state index contributed by atoms with van der Waals surface area (Å²) < 4.78 is 27.8. The number of hydrogen-bond donors (Lipinski definition) is 2. The van der Waals surface area contributed by atoms with Gasteiger partial charge in [0.1, 0.15) is 18.1 Å². The number of carbonyl (C=O) groups excluding carboxylic acids is 1. The van der Waals surface area contributed by atoms with E-state index in [1.807, 2.05) is 6.08 Å².